The van der Waals surface area contributed by atoms with Crippen LogP contribution in [0.3, 0.4) is 0 Å². The van der Waals surface area contributed by atoms with Crippen LogP contribution < -0.4 is 34.5 Å². The van der Waals surface area contributed by atoms with Crippen molar-refractivity contribution in [2.24, 2.45) is 0 Å². The molecule has 7 rings (SSSR count). The fourth-order valence-corrected chi connectivity index (χ4v) is 4.87. The van der Waals surface area contributed by atoms with Crippen LogP contribution in [0.4, 0.5) is 5.82 Å². The number of carbonyl (C=O) groups excluding carboxylic acids is 2. The van der Waals surface area contributed by atoms with Gasteiger partial charge in [0.25, 0.3) is 11.8 Å². The third kappa shape index (κ3) is 4.88. The first-order valence-corrected chi connectivity index (χ1v) is 12.6. The highest BCUT2D eigenvalue weighted by atomic mass is 16.5. The van der Waals surface area contributed by atoms with E-state index >= 15 is 0 Å². The van der Waals surface area contributed by atoms with Gasteiger partial charge in [0.15, 0.2) is 35.3 Å². The standard InChI is InChI=1S/C27H27N7O6/c1-37-19-6-4-16-8-22(19)39-13-24(35)28-9-15-3-5-20(21(7-15)38-2)40-23-12-34(11-18(23)32-27(16)36)26-17-10-31-33-25(17)29-14-30-26/h3-8,10,14,18,23H,9,11-13H2,1-2H3,(H,28,35)(H,32,36)(H,29,30,31,33)/t18-,23-/m0/s1. The third-order valence-electron chi connectivity index (χ3n) is 6.89. The molecule has 0 unspecified atom stereocenters. The van der Waals surface area contributed by atoms with Gasteiger partial charge in [-0.2, -0.15) is 5.10 Å². The summed E-state index contributed by atoms with van der Waals surface area (Å²) in [5.74, 6) is 1.73. The summed E-state index contributed by atoms with van der Waals surface area (Å²) in [6.07, 6.45) is 2.70. The molecule has 13 heteroatoms. The van der Waals surface area contributed by atoms with Gasteiger partial charge in [0, 0.05) is 18.7 Å². The van der Waals surface area contributed by atoms with E-state index in [1.807, 2.05) is 11.0 Å². The van der Waals surface area contributed by atoms with E-state index in [0.29, 0.717) is 47.4 Å². The number of rotatable bonds is 3. The first kappa shape index (κ1) is 25.2. The molecule has 1 fully saturated rings. The third-order valence-corrected chi connectivity index (χ3v) is 6.89. The molecule has 5 heterocycles. The molecule has 3 aliphatic heterocycles. The van der Waals surface area contributed by atoms with Gasteiger partial charge >= 0.3 is 0 Å². The minimum Gasteiger partial charge on any atom is -0.493 e. The summed E-state index contributed by atoms with van der Waals surface area (Å²) >= 11 is 0. The molecule has 2 amide bonds. The second-order valence-corrected chi connectivity index (χ2v) is 9.39. The quantitative estimate of drug-likeness (QED) is 0.345. The summed E-state index contributed by atoms with van der Waals surface area (Å²) in [6, 6.07) is 9.86. The number of H-pyrrole nitrogens is 1. The van der Waals surface area contributed by atoms with Gasteiger partial charge < -0.3 is 34.5 Å². The number of methoxy groups -OCH3 is 2. The van der Waals surface area contributed by atoms with E-state index in [1.54, 1.807) is 43.6 Å². The molecule has 2 atom stereocenters. The van der Waals surface area contributed by atoms with Crippen molar-refractivity contribution >= 4 is 28.7 Å². The summed E-state index contributed by atoms with van der Waals surface area (Å²) < 4.78 is 23.2. The Morgan fingerprint density at radius 3 is 2.73 bits per heavy atom. The lowest BCUT2D eigenvalue weighted by molar-refractivity contribution is -0.123. The maximum Gasteiger partial charge on any atom is 0.258 e. The molecule has 0 spiro atoms. The lowest BCUT2D eigenvalue weighted by Gasteiger charge is -2.22. The highest BCUT2D eigenvalue weighted by Gasteiger charge is 2.38. The number of ether oxygens (including phenoxy) is 4. The van der Waals surface area contributed by atoms with E-state index in [1.165, 1.54) is 13.4 Å². The molecular weight excluding hydrogens is 518 g/mol. The number of amides is 2. The van der Waals surface area contributed by atoms with E-state index in [0.717, 1.165) is 10.9 Å². The molecule has 40 heavy (non-hydrogen) atoms. The van der Waals surface area contributed by atoms with Crippen LogP contribution in [-0.4, -0.2) is 78.0 Å². The lowest BCUT2D eigenvalue weighted by atomic mass is 10.1. The maximum absolute atomic E-state index is 13.5. The van der Waals surface area contributed by atoms with Gasteiger partial charge in [-0.05, 0) is 35.9 Å². The van der Waals surface area contributed by atoms with Crippen molar-refractivity contribution in [1.82, 2.24) is 30.8 Å². The predicted molar refractivity (Wildman–Crippen MR) is 143 cm³/mol. The first-order chi connectivity index (χ1) is 19.5. The van der Waals surface area contributed by atoms with Gasteiger partial charge in [0.2, 0.25) is 0 Å². The van der Waals surface area contributed by atoms with Crippen LogP contribution in [0.2, 0.25) is 0 Å². The van der Waals surface area contributed by atoms with Crippen LogP contribution in [0.25, 0.3) is 11.0 Å². The Morgan fingerprint density at radius 2 is 1.88 bits per heavy atom. The highest BCUT2D eigenvalue weighted by Crippen LogP contribution is 2.33. The second kappa shape index (κ2) is 10.6. The highest BCUT2D eigenvalue weighted by molar-refractivity contribution is 5.95. The normalized spacial score (nSPS) is 19.2. The van der Waals surface area contributed by atoms with Crippen molar-refractivity contribution in [3.8, 4) is 23.0 Å². The molecule has 206 valence electrons. The van der Waals surface area contributed by atoms with E-state index in [-0.39, 0.29) is 30.7 Å². The Bertz CT molecular complexity index is 1570. The number of aromatic nitrogens is 4. The molecule has 0 radical (unpaired) electrons. The van der Waals surface area contributed by atoms with Crippen molar-refractivity contribution < 1.29 is 28.5 Å². The van der Waals surface area contributed by atoms with Crippen molar-refractivity contribution in [1.29, 1.82) is 0 Å². The van der Waals surface area contributed by atoms with Crippen molar-refractivity contribution in [3.63, 3.8) is 0 Å². The van der Waals surface area contributed by atoms with E-state index in [2.05, 4.69) is 30.8 Å². The van der Waals surface area contributed by atoms with Crippen LogP contribution >= 0.6 is 0 Å². The largest absolute Gasteiger partial charge is 0.493 e. The Labute approximate surface area is 228 Å². The number of nitrogens with one attached hydrogen (secondary N) is 3. The maximum atomic E-state index is 13.5. The summed E-state index contributed by atoms with van der Waals surface area (Å²) in [7, 11) is 3.05. The SMILES string of the molecule is COc1ccc2cc1OCC(=O)NCc1ccc(c(OC)c1)O[C@H]1CN(c3ncnc4[nH]ncc34)C[C@@H]1NC2=O. The lowest BCUT2D eigenvalue weighted by Crippen LogP contribution is -2.45. The Hall–Kier alpha value is -5.07. The average Bonchev–Trinajstić information content (AvgIpc) is 3.62. The minimum atomic E-state index is -0.454. The van der Waals surface area contributed by atoms with Crippen molar-refractivity contribution in [3.05, 3.63) is 60.0 Å². The second-order valence-electron chi connectivity index (χ2n) is 9.39. The fourth-order valence-electron chi connectivity index (χ4n) is 4.87. The number of anilines is 1. The number of hydrogen-bond donors (Lipinski definition) is 3. The van der Waals surface area contributed by atoms with Gasteiger partial charge in [-0.15, -0.1) is 0 Å². The minimum absolute atomic E-state index is 0.249. The number of aromatic amines is 1. The molecule has 2 aromatic heterocycles. The monoisotopic (exact) mass is 545 g/mol. The van der Waals surface area contributed by atoms with Gasteiger partial charge in [0.1, 0.15) is 18.2 Å². The van der Waals surface area contributed by atoms with Gasteiger partial charge in [0.05, 0.1) is 38.4 Å². The topological polar surface area (TPSA) is 153 Å². The molecule has 3 aliphatic rings. The van der Waals surface area contributed by atoms with Crippen molar-refractivity contribution in [2.75, 3.05) is 38.8 Å². The molecular formula is C27H27N7O6. The Balaban J connectivity index is 1.37. The summed E-state index contributed by atoms with van der Waals surface area (Å²) in [6.45, 7) is 0.872. The van der Waals surface area contributed by atoms with Gasteiger partial charge in [-0.3, -0.25) is 14.7 Å². The molecule has 3 N–H and O–H groups in total. The molecule has 4 aromatic rings. The van der Waals surface area contributed by atoms with Gasteiger partial charge in [-0.25, -0.2) is 9.97 Å². The summed E-state index contributed by atoms with van der Waals surface area (Å²) in [5, 5.41) is 13.7. The van der Waals surface area contributed by atoms with Crippen LogP contribution in [-0.2, 0) is 11.3 Å². The zero-order chi connectivity index (χ0) is 27.6. The van der Waals surface area contributed by atoms with Crippen LogP contribution in [0, 0.1) is 0 Å². The Kier molecular flexibility index (Phi) is 6.68. The van der Waals surface area contributed by atoms with Crippen LogP contribution in [0.5, 0.6) is 23.0 Å². The first-order valence-electron chi connectivity index (χ1n) is 12.6. The van der Waals surface area contributed by atoms with E-state index in [9.17, 15) is 9.59 Å². The zero-order valence-electron chi connectivity index (χ0n) is 21.8. The smallest absolute Gasteiger partial charge is 0.258 e. The van der Waals surface area contributed by atoms with Gasteiger partial charge in [-0.1, -0.05) is 6.07 Å². The molecule has 4 bridgehead atoms. The Morgan fingerprint density at radius 1 is 1.00 bits per heavy atom. The summed E-state index contributed by atoms with van der Waals surface area (Å²) in [5.41, 5.74) is 1.78. The van der Waals surface area contributed by atoms with Crippen molar-refractivity contribution in [2.45, 2.75) is 18.7 Å². The van der Waals surface area contributed by atoms with E-state index < -0.39 is 12.1 Å². The summed E-state index contributed by atoms with van der Waals surface area (Å²) in [4.78, 5) is 36.7. The number of nitrogens with zero attached hydrogens (tertiary/aromatic N) is 4. The number of hydrogen-bond acceptors (Lipinski definition) is 10. The number of fused-ring (bicyclic) bond motifs is 8. The van der Waals surface area contributed by atoms with Crippen LogP contribution in [0.1, 0.15) is 15.9 Å². The van der Waals surface area contributed by atoms with E-state index in [4.69, 9.17) is 18.9 Å². The molecule has 0 saturated carbocycles. The molecule has 13 nitrogen and oxygen atoms in total. The average molecular weight is 546 g/mol. The molecule has 2 aromatic carbocycles. The predicted octanol–water partition coefficient (Wildman–Crippen LogP) is 1.44. The number of carbonyl (C=O) groups is 2. The van der Waals surface area contributed by atoms with Crippen LogP contribution in [0.15, 0.2) is 48.9 Å². The molecule has 0 aliphatic carbocycles. The molecule has 1 saturated heterocycles. The fraction of sp³-hybridized carbons (Fsp3) is 0.296. The zero-order valence-corrected chi connectivity index (χ0v) is 21.8. The number of benzene rings is 2.